The molecule has 1 aliphatic rings. The molecule has 16 heavy (non-hydrogen) atoms. The highest BCUT2D eigenvalue weighted by atomic mass is 15.3. The van der Waals surface area contributed by atoms with Crippen molar-refractivity contribution in [2.24, 2.45) is 0 Å². The Bertz CT molecular complexity index is 489. The van der Waals surface area contributed by atoms with Gasteiger partial charge in [0.2, 0.25) is 0 Å². The van der Waals surface area contributed by atoms with Crippen molar-refractivity contribution in [3.63, 3.8) is 0 Å². The number of aryl methyl sites for hydroxylation is 1. The molecule has 1 unspecified atom stereocenters. The lowest BCUT2D eigenvalue weighted by Gasteiger charge is -2.25. The van der Waals surface area contributed by atoms with Crippen LogP contribution in [0.15, 0.2) is 30.6 Å². The summed E-state index contributed by atoms with van der Waals surface area (Å²) in [5.41, 5.74) is 2.39. The molecule has 4 nitrogen and oxygen atoms in total. The maximum Gasteiger partial charge on any atom is 0.124 e. The van der Waals surface area contributed by atoms with E-state index in [1.807, 2.05) is 24.0 Å². The van der Waals surface area contributed by atoms with Crippen LogP contribution in [0.4, 0.5) is 5.82 Å². The van der Waals surface area contributed by atoms with Crippen molar-refractivity contribution in [3.05, 3.63) is 41.9 Å². The van der Waals surface area contributed by atoms with Crippen molar-refractivity contribution >= 4 is 5.82 Å². The lowest BCUT2D eigenvalue weighted by Crippen LogP contribution is -2.26. The van der Waals surface area contributed by atoms with Gasteiger partial charge in [0.05, 0.1) is 12.2 Å². The maximum atomic E-state index is 4.47. The molecule has 0 aliphatic carbocycles. The minimum absolute atomic E-state index is 0.481. The van der Waals surface area contributed by atoms with Gasteiger partial charge in [0.15, 0.2) is 0 Å². The highest BCUT2D eigenvalue weighted by Gasteiger charge is 2.20. The van der Waals surface area contributed by atoms with Crippen LogP contribution in [0.25, 0.3) is 0 Å². The predicted molar refractivity (Wildman–Crippen MR) is 62.4 cm³/mol. The normalized spacial score (nSPS) is 18.9. The van der Waals surface area contributed by atoms with Crippen LogP contribution in [-0.4, -0.2) is 21.3 Å². The van der Waals surface area contributed by atoms with Crippen molar-refractivity contribution in [2.75, 3.05) is 11.9 Å². The summed E-state index contributed by atoms with van der Waals surface area (Å²) in [6.07, 6.45) is 3.69. The fourth-order valence-corrected chi connectivity index (χ4v) is 2.19. The number of nitrogens with one attached hydrogen (secondary N) is 1. The molecule has 1 N–H and O–H groups in total. The van der Waals surface area contributed by atoms with Crippen molar-refractivity contribution in [1.29, 1.82) is 0 Å². The van der Waals surface area contributed by atoms with Gasteiger partial charge in [0.25, 0.3) is 0 Å². The third-order valence-electron chi connectivity index (χ3n) is 3.00. The lowest BCUT2D eigenvalue weighted by atomic mass is 9.99. The minimum Gasteiger partial charge on any atom is -0.370 e. The Labute approximate surface area is 94.3 Å². The fraction of sp³-hybridized carbons (Fsp3) is 0.333. The molecule has 0 spiro atoms. The third-order valence-corrected chi connectivity index (χ3v) is 3.00. The first-order valence-electron chi connectivity index (χ1n) is 5.51. The monoisotopic (exact) mass is 214 g/mol. The zero-order valence-electron chi connectivity index (χ0n) is 9.22. The smallest absolute Gasteiger partial charge is 0.124 e. The van der Waals surface area contributed by atoms with Crippen molar-refractivity contribution < 1.29 is 0 Å². The summed E-state index contributed by atoms with van der Waals surface area (Å²) in [6.45, 7) is 3.93. The molecule has 3 heterocycles. The molecule has 0 amide bonds. The molecular formula is C12H14N4. The SMILES string of the molecule is Cc1cc2n(n1)CC(c1ccncc1)CN2. The van der Waals surface area contributed by atoms with Crippen LogP contribution in [-0.2, 0) is 6.54 Å². The Morgan fingerprint density at radius 3 is 3.00 bits per heavy atom. The molecule has 0 radical (unpaired) electrons. The summed E-state index contributed by atoms with van der Waals surface area (Å²) in [6, 6.07) is 6.24. The number of aromatic nitrogens is 3. The van der Waals surface area contributed by atoms with E-state index in [9.17, 15) is 0 Å². The van der Waals surface area contributed by atoms with E-state index >= 15 is 0 Å². The number of pyridine rings is 1. The van der Waals surface area contributed by atoms with Gasteiger partial charge in [-0.05, 0) is 24.6 Å². The van der Waals surface area contributed by atoms with E-state index in [4.69, 9.17) is 0 Å². The van der Waals surface area contributed by atoms with Gasteiger partial charge in [-0.3, -0.25) is 4.98 Å². The average Bonchev–Trinajstić information content (AvgIpc) is 2.69. The van der Waals surface area contributed by atoms with Gasteiger partial charge in [0, 0.05) is 30.9 Å². The van der Waals surface area contributed by atoms with E-state index in [2.05, 4.69) is 33.6 Å². The average molecular weight is 214 g/mol. The summed E-state index contributed by atoms with van der Waals surface area (Å²) >= 11 is 0. The van der Waals surface area contributed by atoms with Gasteiger partial charge < -0.3 is 5.32 Å². The Hall–Kier alpha value is -1.84. The summed E-state index contributed by atoms with van der Waals surface area (Å²) < 4.78 is 2.05. The van der Waals surface area contributed by atoms with Gasteiger partial charge in [-0.15, -0.1) is 0 Å². The molecular weight excluding hydrogens is 200 g/mol. The summed E-state index contributed by atoms with van der Waals surface area (Å²) in [7, 11) is 0. The molecule has 0 aromatic carbocycles. The number of fused-ring (bicyclic) bond motifs is 1. The second kappa shape index (κ2) is 3.63. The number of nitrogens with zero attached hydrogens (tertiary/aromatic N) is 3. The maximum absolute atomic E-state index is 4.47. The summed E-state index contributed by atoms with van der Waals surface area (Å²) in [4.78, 5) is 4.05. The third kappa shape index (κ3) is 1.56. The van der Waals surface area contributed by atoms with E-state index in [1.165, 1.54) is 5.56 Å². The second-order valence-corrected chi connectivity index (χ2v) is 4.21. The largest absolute Gasteiger partial charge is 0.370 e. The van der Waals surface area contributed by atoms with Gasteiger partial charge in [-0.2, -0.15) is 5.10 Å². The molecule has 2 aromatic rings. The predicted octanol–water partition coefficient (Wildman–Crippen LogP) is 1.80. The van der Waals surface area contributed by atoms with E-state index in [0.717, 1.165) is 24.6 Å². The van der Waals surface area contributed by atoms with Gasteiger partial charge >= 0.3 is 0 Å². The van der Waals surface area contributed by atoms with Crippen LogP contribution in [0, 0.1) is 6.92 Å². The Kier molecular flexibility index (Phi) is 2.13. The molecule has 82 valence electrons. The van der Waals surface area contributed by atoms with Crippen molar-refractivity contribution in [3.8, 4) is 0 Å². The summed E-state index contributed by atoms with van der Waals surface area (Å²) in [5, 5.41) is 7.88. The summed E-state index contributed by atoms with van der Waals surface area (Å²) in [5.74, 6) is 1.61. The fourth-order valence-electron chi connectivity index (χ4n) is 2.19. The molecule has 0 saturated heterocycles. The highest BCUT2D eigenvalue weighted by Crippen LogP contribution is 2.25. The zero-order valence-corrected chi connectivity index (χ0v) is 9.22. The first-order valence-corrected chi connectivity index (χ1v) is 5.51. The first-order chi connectivity index (χ1) is 7.83. The van der Waals surface area contributed by atoms with Gasteiger partial charge in [-0.25, -0.2) is 4.68 Å². The number of rotatable bonds is 1. The zero-order chi connectivity index (χ0) is 11.0. The lowest BCUT2D eigenvalue weighted by molar-refractivity contribution is 0.503. The first kappa shape index (κ1) is 9.39. The number of anilines is 1. The van der Waals surface area contributed by atoms with Crippen LogP contribution in [0.1, 0.15) is 17.2 Å². The quantitative estimate of drug-likeness (QED) is 0.787. The minimum atomic E-state index is 0.481. The van der Waals surface area contributed by atoms with E-state index < -0.39 is 0 Å². The van der Waals surface area contributed by atoms with Crippen LogP contribution >= 0.6 is 0 Å². The van der Waals surface area contributed by atoms with Crippen LogP contribution in [0.3, 0.4) is 0 Å². The number of hydrogen-bond donors (Lipinski definition) is 1. The molecule has 1 aliphatic heterocycles. The molecule has 0 saturated carbocycles. The Balaban J connectivity index is 1.88. The molecule has 4 heteroatoms. The number of hydrogen-bond acceptors (Lipinski definition) is 3. The molecule has 0 bridgehead atoms. The molecule has 3 rings (SSSR count). The van der Waals surface area contributed by atoms with E-state index in [1.54, 1.807) is 0 Å². The van der Waals surface area contributed by atoms with E-state index in [-0.39, 0.29) is 0 Å². The van der Waals surface area contributed by atoms with Gasteiger partial charge in [-0.1, -0.05) is 0 Å². The van der Waals surface area contributed by atoms with Crippen molar-refractivity contribution in [1.82, 2.24) is 14.8 Å². The second-order valence-electron chi connectivity index (χ2n) is 4.21. The van der Waals surface area contributed by atoms with Gasteiger partial charge in [0.1, 0.15) is 5.82 Å². The Morgan fingerprint density at radius 2 is 2.19 bits per heavy atom. The topological polar surface area (TPSA) is 42.7 Å². The van der Waals surface area contributed by atoms with E-state index in [0.29, 0.717) is 5.92 Å². The standard InChI is InChI=1S/C12H14N4/c1-9-6-12-14-7-11(8-16(12)15-9)10-2-4-13-5-3-10/h2-6,11,14H,7-8H2,1H3. The molecule has 2 aromatic heterocycles. The molecule has 1 atom stereocenters. The van der Waals surface area contributed by atoms with Crippen LogP contribution in [0.5, 0.6) is 0 Å². The highest BCUT2D eigenvalue weighted by molar-refractivity contribution is 5.40. The van der Waals surface area contributed by atoms with Crippen LogP contribution in [0.2, 0.25) is 0 Å². The van der Waals surface area contributed by atoms with Crippen LogP contribution < -0.4 is 5.32 Å². The Morgan fingerprint density at radius 1 is 1.38 bits per heavy atom. The molecule has 0 fully saturated rings. The van der Waals surface area contributed by atoms with Crippen molar-refractivity contribution in [2.45, 2.75) is 19.4 Å².